The van der Waals surface area contributed by atoms with Crippen molar-refractivity contribution in [1.29, 1.82) is 5.26 Å². The first-order valence-corrected chi connectivity index (χ1v) is 8.16. The number of hydrogen-bond donors (Lipinski definition) is 1. The van der Waals surface area contributed by atoms with Crippen LogP contribution in [0.25, 0.3) is 0 Å². The molecule has 26 heavy (non-hydrogen) atoms. The lowest BCUT2D eigenvalue weighted by atomic mass is 10.1. The zero-order chi connectivity index (χ0) is 18.4. The van der Waals surface area contributed by atoms with Crippen LogP contribution in [0.3, 0.4) is 0 Å². The van der Waals surface area contributed by atoms with E-state index >= 15 is 0 Å². The van der Waals surface area contributed by atoms with Crippen LogP contribution in [-0.2, 0) is 6.61 Å². The van der Waals surface area contributed by atoms with Crippen LogP contribution >= 0.6 is 11.6 Å². The number of carbonyl (C=O) groups excluding carboxylic acids is 1. The fourth-order valence-electron chi connectivity index (χ4n) is 2.26. The minimum atomic E-state index is -0.203. The summed E-state index contributed by atoms with van der Waals surface area (Å²) in [5.74, 6) is 0.451. The molecule has 6 heteroatoms. The highest BCUT2D eigenvalue weighted by atomic mass is 35.5. The maximum absolute atomic E-state index is 12.1. The van der Waals surface area contributed by atoms with Gasteiger partial charge in [0, 0.05) is 23.6 Å². The first-order valence-electron chi connectivity index (χ1n) is 7.78. The number of hydrogen-bond acceptors (Lipinski definition) is 4. The molecule has 1 heterocycles. The molecule has 0 spiro atoms. The molecule has 3 aromatic rings. The first-order chi connectivity index (χ1) is 12.7. The van der Waals surface area contributed by atoms with Gasteiger partial charge in [0.2, 0.25) is 0 Å². The number of pyridine rings is 1. The van der Waals surface area contributed by atoms with Crippen molar-refractivity contribution < 1.29 is 9.53 Å². The summed E-state index contributed by atoms with van der Waals surface area (Å²) in [5, 5.41) is 12.2. The number of carbonyl (C=O) groups is 1. The number of halogens is 1. The van der Waals surface area contributed by atoms with Gasteiger partial charge in [-0.1, -0.05) is 17.7 Å². The molecule has 0 aliphatic heterocycles. The largest absolute Gasteiger partial charge is 0.489 e. The Hall–Kier alpha value is -3.36. The van der Waals surface area contributed by atoms with E-state index in [0.29, 0.717) is 34.2 Å². The van der Waals surface area contributed by atoms with E-state index in [0.717, 1.165) is 5.56 Å². The monoisotopic (exact) mass is 363 g/mol. The van der Waals surface area contributed by atoms with Crippen LogP contribution < -0.4 is 10.1 Å². The zero-order valence-corrected chi connectivity index (χ0v) is 14.4. The van der Waals surface area contributed by atoms with Crippen LogP contribution in [0.2, 0.25) is 5.02 Å². The maximum atomic E-state index is 12.1. The van der Waals surface area contributed by atoms with Gasteiger partial charge in [0.05, 0.1) is 10.6 Å². The Balaban J connectivity index is 1.60. The lowest BCUT2D eigenvalue weighted by Gasteiger charge is -2.09. The predicted octanol–water partition coefficient (Wildman–Crippen LogP) is 4.44. The van der Waals surface area contributed by atoms with Crippen LogP contribution in [0, 0.1) is 11.3 Å². The van der Waals surface area contributed by atoms with Crippen molar-refractivity contribution in [2.75, 3.05) is 5.32 Å². The van der Waals surface area contributed by atoms with Crippen LogP contribution in [0.5, 0.6) is 5.75 Å². The van der Waals surface area contributed by atoms with Gasteiger partial charge in [-0.3, -0.25) is 9.78 Å². The van der Waals surface area contributed by atoms with Gasteiger partial charge in [-0.25, -0.2) is 0 Å². The molecule has 0 bridgehead atoms. The molecule has 5 nitrogen and oxygen atoms in total. The van der Waals surface area contributed by atoms with Gasteiger partial charge in [-0.05, 0) is 54.1 Å². The van der Waals surface area contributed by atoms with Gasteiger partial charge < -0.3 is 10.1 Å². The molecule has 1 aromatic heterocycles. The van der Waals surface area contributed by atoms with Crippen molar-refractivity contribution in [2.24, 2.45) is 0 Å². The SMILES string of the molecule is N#Cc1cc(COc2ccc(NC(=O)c3ccncc3)cc2)ccc1Cl. The van der Waals surface area contributed by atoms with Crippen molar-refractivity contribution in [2.45, 2.75) is 6.61 Å². The number of nitrogens with one attached hydrogen (secondary N) is 1. The van der Waals surface area contributed by atoms with Crippen molar-refractivity contribution in [3.63, 3.8) is 0 Å². The van der Waals surface area contributed by atoms with E-state index < -0.39 is 0 Å². The summed E-state index contributed by atoms with van der Waals surface area (Å²) in [6.07, 6.45) is 3.14. The molecule has 2 aromatic carbocycles. The third kappa shape index (κ3) is 4.38. The summed E-state index contributed by atoms with van der Waals surface area (Å²) >= 11 is 5.92. The van der Waals surface area contributed by atoms with Crippen molar-refractivity contribution in [3.8, 4) is 11.8 Å². The molecule has 0 fully saturated rings. The van der Waals surface area contributed by atoms with Crippen LogP contribution in [0.1, 0.15) is 21.5 Å². The molecule has 128 valence electrons. The number of ether oxygens (including phenoxy) is 1. The van der Waals surface area contributed by atoms with Gasteiger partial charge >= 0.3 is 0 Å². The molecule has 0 aliphatic rings. The minimum Gasteiger partial charge on any atom is -0.489 e. The van der Waals surface area contributed by atoms with Gasteiger partial charge in [0.15, 0.2) is 0 Å². The van der Waals surface area contributed by atoms with Gasteiger partial charge in [0.1, 0.15) is 18.4 Å². The van der Waals surface area contributed by atoms with E-state index in [2.05, 4.69) is 10.3 Å². The topological polar surface area (TPSA) is 75.0 Å². The quantitative estimate of drug-likeness (QED) is 0.727. The third-order valence-electron chi connectivity index (χ3n) is 3.61. The second-order valence-electron chi connectivity index (χ2n) is 5.43. The van der Waals surface area contributed by atoms with Crippen molar-refractivity contribution in [3.05, 3.63) is 88.7 Å². The van der Waals surface area contributed by atoms with Crippen molar-refractivity contribution >= 4 is 23.2 Å². The molecule has 1 N–H and O–H groups in total. The predicted molar refractivity (Wildman–Crippen MR) is 99.1 cm³/mol. The summed E-state index contributed by atoms with van der Waals surface area (Å²) in [4.78, 5) is 16.0. The van der Waals surface area contributed by atoms with E-state index in [1.165, 1.54) is 0 Å². The van der Waals surface area contributed by atoms with E-state index in [1.807, 2.05) is 12.1 Å². The number of benzene rings is 2. The lowest BCUT2D eigenvalue weighted by molar-refractivity contribution is 0.102. The number of nitriles is 1. The highest BCUT2D eigenvalue weighted by Gasteiger charge is 2.06. The Kier molecular flexibility index (Phi) is 5.47. The Morgan fingerprint density at radius 2 is 1.85 bits per heavy atom. The fraction of sp³-hybridized carbons (Fsp3) is 0.0500. The Bertz CT molecular complexity index is 951. The molecular weight excluding hydrogens is 350 g/mol. The molecule has 0 aliphatic carbocycles. The number of nitrogens with zero attached hydrogens (tertiary/aromatic N) is 2. The van der Waals surface area contributed by atoms with Crippen LogP contribution in [0.4, 0.5) is 5.69 Å². The van der Waals surface area contributed by atoms with Crippen LogP contribution in [-0.4, -0.2) is 10.9 Å². The molecule has 1 amide bonds. The smallest absolute Gasteiger partial charge is 0.255 e. The number of anilines is 1. The zero-order valence-electron chi connectivity index (χ0n) is 13.6. The number of rotatable bonds is 5. The molecule has 0 radical (unpaired) electrons. The Morgan fingerprint density at radius 1 is 1.12 bits per heavy atom. The summed E-state index contributed by atoms with van der Waals surface area (Å²) < 4.78 is 5.70. The number of amides is 1. The molecule has 3 rings (SSSR count). The van der Waals surface area contributed by atoms with E-state index in [9.17, 15) is 4.79 Å². The van der Waals surface area contributed by atoms with Gasteiger partial charge in [-0.15, -0.1) is 0 Å². The summed E-state index contributed by atoms with van der Waals surface area (Å²) in [6, 6.07) is 17.6. The number of aromatic nitrogens is 1. The standard InChI is InChI=1S/C20H14ClN3O2/c21-19-6-1-14(11-16(19)12-22)13-26-18-4-2-17(3-5-18)24-20(25)15-7-9-23-10-8-15/h1-11H,13H2,(H,24,25). The third-order valence-corrected chi connectivity index (χ3v) is 3.94. The first kappa shape index (κ1) is 17.5. The van der Waals surface area contributed by atoms with Crippen molar-refractivity contribution in [1.82, 2.24) is 4.98 Å². The van der Waals surface area contributed by atoms with Crippen LogP contribution in [0.15, 0.2) is 67.0 Å². The second kappa shape index (κ2) is 8.15. The van der Waals surface area contributed by atoms with E-state index in [-0.39, 0.29) is 5.91 Å². The highest BCUT2D eigenvalue weighted by Crippen LogP contribution is 2.20. The average Bonchev–Trinajstić information content (AvgIpc) is 2.69. The minimum absolute atomic E-state index is 0.203. The van der Waals surface area contributed by atoms with E-state index in [4.69, 9.17) is 21.6 Å². The second-order valence-corrected chi connectivity index (χ2v) is 5.84. The lowest BCUT2D eigenvalue weighted by Crippen LogP contribution is -2.11. The fourth-order valence-corrected chi connectivity index (χ4v) is 2.42. The summed E-state index contributed by atoms with van der Waals surface area (Å²) in [5.41, 5.74) is 2.47. The summed E-state index contributed by atoms with van der Waals surface area (Å²) in [6.45, 7) is 0.314. The normalized spacial score (nSPS) is 10.0. The molecular formula is C20H14ClN3O2. The molecule has 0 saturated heterocycles. The van der Waals surface area contributed by atoms with Gasteiger partial charge in [0.25, 0.3) is 5.91 Å². The Labute approximate surface area is 155 Å². The maximum Gasteiger partial charge on any atom is 0.255 e. The Morgan fingerprint density at radius 3 is 2.54 bits per heavy atom. The highest BCUT2D eigenvalue weighted by molar-refractivity contribution is 6.31. The molecule has 0 atom stereocenters. The van der Waals surface area contributed by atoms with E-state index in [1.54, 1.807) is 60.9 Å². The molecule has 0 saturated carbocycles. The van der Waals surface area contributed by atoms with Gasteiger partial charge in [-0.2, -0.15) is 5.26 Å². The average molecular weight is 364 g/mol. The molecule has 0 unspecified atom stereocenters. The summed E-state index contributed by atoms with van der Waals surface area (Å²) in [7, 11) is 0.